The van der Waals surface area contributed by atoms with Crippen molar-refractivity contribution >= 4 is 46.0 Å². The first-order chi connectivity index (χ1) is 17.0. The third-order valence-electron chi connectivity index (χ3n) is 6.25. The first kappa shape index (κ1) is 21.9. The molecule has 0 unspecified atom stereocenters. The predicted molar refractivity (Wildman–Crippen MR) is 129 cm³/mol. The van der Waals surface area contributed by atoms with Gasteiger partial charge in [0, 0.05) is 35.1 Å². The van der Waals surface area contributed by atoms with Crippen molar-refractivity contribution in [3.63, 3.8) is 0 Å². The van der Waals surface area contributed by atoms with E-state index in [1.165, 1.54) is 33.4 Å². The summed E-state index contributed by atoms with van der Waals surface area (Å²) in [6, 6.07) is 11.6. The number of hydrogen-bond donors (Lipinski definition) is 2. The molecule has 0 spiro atoms. The number of aromatic nitrogens is 1. The summed E-state index contributed by atoms with van der Waals surface area (Å²) < 4.78 is 27.3. The van der Waals surface area contributed by atoms with Crippen LogP contribution in [-0.4, -0.2) is 54.2 Å². The van der Waals surface area contributed by atoms with Crippen molar-refractivity contribution in [2.24, 2.45) is 0 Å². The third kappa shape index (κ3) is 4.00. The van der Waals surface area contributed by atoms with E-state index in [2.05, 4.69) is 10.6 Å². The second kappa shape index (κ2) is 8.58. The van der Waals surface area contributed by atoms with Gasteiger partial charge in [-0.05, 0) is 36.4 Å². The largest absolute Gasteiger partial charge is 0.482 e. The van der Waals surface area contributed by atoms with E-state index in [0.717, 1.165) is 10.3 Å². The molecule has 0 radical (unpaired) electrons. The van der Waals surface area contributed by atoms with Gasteiger partial charge in [0.25, 0.3) is 5.56 Å². The summed E-state index contributed by atoms with van der Waals surface area (Å²) in [4.78, 5) is 39.0. The summed E-state index contributed by atoms with van der Waals surface area (Å²) in [6.45, 7) is 1.33. The number of thioether (sulfide) groups is 1. The molecule has 11 heteroatoms. The zero-order chi connectivity index (χ0) is 24.1. The number of anilines is 2. The van der Waals surface area contributed by atoms with Gasteiger partial charge in [-0.3, -0.25) is 14.5 Å². The van der Waals surface area contributed by atoms with Crippen LogP contribution in [0.15, 0.2) is 52.2 Å². The van der Waals surface area contributed by atoms with Crippen molar-refractivity contribution in [1.82, 2.24) is 9.88 Å². The highest BCUT2D eigenvalue weighted by Crippen LogP contribution is 2.35. The summed E-state index contributed by atoms with van der Waals surface area (Å²) in [5, 5.41) is 6.79. The van der Waals surface area contributed by atoms with E-state index in [-0.39, 0.29) is 23.8 Å². The maximum atomic E-state index is 14.4. The Bertz CT molecular complexity index is 1430. The van der Waals surface area contributed by atoms with E-state index in [1.54, 1.807) is 18.2 Å². The molecule has 1 aromatic heterocycles. The van der Waals surface area contributed by atoms with Gasteiger partial charge in [0.1, 0.15) is 12.2 Å². The van der Waals surface area contributed by atoms with Gasteiger partial charge in [0.2, 0.25) is 5.91 Å². The van der Waals surface area contributed by atoms with Crippen LogP contribution in [0.3, 0.4) is 0 Å². The third-order valence-corrected chi connectivity index (χ3v) is 7.33. The van der Waals surface area contributed by atoms with Crippen molar-refractivity contribution < 1.29 is 23.5 Å². The van der Waals surface area contributed by atoms with Crippen molar-refractivity contribution in [2.45, 2.75) is 23.6 Å². The Hall–Kier alpha value is -3.57. The molecule has 3 aliphatic heterocycles. The monoisotopic (exact) mass is 496 g/mol. The first-order valence-electron chi connectivity index (χ1n) is 11.2. The fraction of sp³-hybridized carbons (Fsp3) is 0.292. The van der Waals surface area contributed by atoms with Gasteiger partial charge in [-0.2, -0.15) is 0 Å². The lowest BCUT2D eigenvalue weighted by molar-refractivity contribution is -0.113. The van der Waals surface area contributed by atoms with Crippen LogP contribution in [0.5, 0.6) is 5.75 Å². The number of halogens is 1. The van der Waals surface area contributed by atoms with Crippen LogP contribution in [0.25, 0.3) is 10.9 Å². The Morgan fingerprint density at radius 2 is 1.83 bits per heavy atom. The maximum absolute atomic E-state index is 14.4. The molecule has 1 fully saturated rings. The van der Waals surface area contributed by atoms with Gasteiger partial charge in [0.15, 0.2) is 11.6 Å². The summed E-state index contributed by atoms with van der Waals surface area (Å²) in [6.07, 6.45) is -1.33. The summed E-state index contributed by atoms with van der Waals surface area (Å²) in [7, 11) is 0. The molecule has 0 saturated carbocycles. The Balaban J connectivity index is 1.09. The zero-order valence-electron chi connectivity index (χ0n) is 18.5. The van der Waals surface area contributed by atoms with Crippen LogP contribution in [0.4, 0.5) is 20.6 Å². The molecule has 4 heterocycles. The SMILES string of the molecule is O=C1CSc2ccc(N3C[C@@H](CNC[C@@H]4Cn5c(=O)ccc6ccc(F)c(c65)O4)OC3=O)cc2N1. The molecule has 1 saturated heterocycles. The second-order valence-corrected chi connectivity index (χ2v) is 9.65. The van der Waals surface area contributed by atoms with Crippen molar-refractivity contribution in [2.75, 3.05) is 35.6 Å². The van der Waals surface area contributed by atoms with Crippen molar-refractivity contribution in [3.05, 3.63) is 58.6 Å². The van der Waals surface area contributed by atoms with Gasteiger partial charge in [-0.1, -0.05) is 0 Å². The van der Waals surface area contributed by atoms with Crippen LogP contribution < -0.4 is 25.8 Å². The Labute approximate surface area is 203 Å². The molecule has 2 N–H and O–H groups in total. The molecule has 3 aromatic rings. The standard InChI is InChI=1S/C24H21FN4O5S/c25-17-4-1-13-2-6-21(31)29-11-15(33-23(17)22(13)29)8-26-9-16-10-28(24(32)34-16)14-3-5-19-18(7-14)27-20(30)12-35-19/h1-7,15-16,26H,8-12H2,(H,27,30)/t15-,16-/m1/s1. The molecule has 6 rings (SSSR count). The lowest BCUT2D eigenvalue weighted by Gasteiger charge is -2.28. The average Bonchev–Trinajstić information content (AvgIpc) is 3.22. The lowest BCUT2D eigenvalue weighted by Crippen LogP contribution is -2.43. The van der Waals surface area contributed by atoms with Gasteiger partial charge in [0.05, 0.1) is 30.0 Å². The smallest absolute Gasteiger partial charge is 0.414 e. The minimum Gasteiger partial charge on any atom is -0.482 e. The first-order valence-corrected chi connectivity index (χ1v) is 12.2. The number of pyridine rings is 1. The van der Waals surface area contributed by atoms with E-state index in [0.29, 0.717) is 42.3 Å². The van der Waals surface area contributed by atoms with E-state index >= 15 is 0 Å². The molecule has 0 bridgehead atoms. The number of nitrogens with zero attached hydrogens (tertiary/aromatic N) is 2. The van der Waals surface area contributed by atoms with Gasteiger partial charge in [-0.15, -0.1) is 11.8 Å². The van der Waals surface area contributed by atoms with Gasteiger partial charge < -0.3 is 24.7 Å². The topological polar surface area (TPSA) is 102 Å². The minimum absolute atomic E-state index is 0.0725. The van der Waals surface area contributed by atoms with E-state index in [9.17, 15) is 18.8 Å². The maximum Gasteiger partial charge on any atom is 0.414 e. The number of nitrogens with one attached hydrogen (secondary N) is 2. The summed E-state index contributed by atoms with van der Waals surface area (Å²) in [5.74, 6) is -0.133. The number of benzene rings is 2. The molecule has 2 aromatic carbocycles. The molecular weight excluding hydrogens is 475 g/mol. The molecule has 0 aliphatic carbocycles. The van der Waals surface area contributed by atoms with E-state index in [1.807, 2.05) is 12.1 Å². The molecule has 35 heavy (non-hydrogen) atoms. The van der Waals surface area contributed by atoms with Crippen LogP contribution in [0.2, 0.25) is 0 Å². The average molecular weight is 497 g/mol. The molecule has 9 nitrogen and oxygen atoms in total. The Morgan fingerprint density at radius 3 is 2.69 bits per heavy atom. The highest BCUT2D eigenvalue weighted by atomic mass is 32.2. The van der Waals surface area contributed by atoms with Crippen LogP contribution in [0.1, 0.15) is 0 Å². The number of carbonyl (C=O) groups is 2. The summed E-state index contributed by atoms with van der Waals surface area (Å²) in [5.41, 5.74) is 1.59. The predicted octanol–water partition coefficient (Wildman–Crippen LogP) is 2.56. The lowest BCUT2D eigenvalue weighted by atomic mass is 10.1. The minimum atomic E-state index is -0.512. The Kier molecular flexibility index (Phi) is 5.37. The molecular formula is C24H21FN4O5S. The van der Waals surface area contributed by atoms with Crippen molar-refractivity contribution in [3.8, 4) is 5.75 Å². The number of hydrogen-bond acceptors (Lipinski definition) is 7. The molecule has 3 aliphatic rings. The number of rotatable bonds is 5. The normalized spacial score (nSPS) is 20.9. The number of amides is 2. The number of carbonyl (C=O) groups excluding carboxylic acids is 2. The molecule has 2 amide bonds. The molecule has 2 atom stereocenters. The number of ether oxygens (including phenoxy) is 2. The number of cyclic esters (lactones) is 1. The molecule has 180 valence electrons. The highest BCUT2D eigenvalue weighted by molar-refractivity contribution is 8.00. The fourth-order valence-electron chi connectivity index (χ4n) is 4.63. The number of fused-ring (bicyclic) bond motifs is 1. The zero-order valence-corrected chi connectivity index (χ0v) is 19.3. The van der Waals surface area contributed by atoms with Crippen LogP contribution in [0, 0.1) is 5.82 Å². The van der Waals surface area contributed by atoms with Crippen LogP contribution >= 0.6 is 11.8 Å². The van der Waals surface area contributed by atoms with Crippen LogP contribution in [-0.2, 0) is 16.1 Å². The summed E-state index contributed by atoms with van der Waals surface area (Å²) >= 11 is 1.46. The van der Waals surface area contributed by atoms with Gasteiger partial charge in [-0.25, -0.2) is 9.18 Å². The van der Waals surface area contributed by atoms with Gasteiger partial charge >= 0.3 is 6.09 Å². The van der Waals surface area contributed by atoms with E-state index in [4.69, 9.17) is 9.47 Å². The fourth-order valence-corrected chi connectivity index (χ4v) is 5.41. The quantitative estimate of drug-likeness (QED) is 0.560. The highest BCUT2D eigenvalue weighted by Gasteiger charge is 2.33. The Morgan fingerprint density at radius 1 is 1.03 bits per heavy atom. The van der Waals surface area contributed by atoms with Crippen molar-refractivity contribution in [1.29, 1.82) is 0 Å². The van der Waals surface area contributed by atoms with E-state index < -0.39 is 24.1 Å². The second-order valence-electron chi connectivity index (χ2n) is 8.63.